The van der Waals surface area contributed by atoms with Crippen molar-refractivity contribution in [2.45, 2.75) is 11.8 Å². The van der Waals surface area contributed by atoms with Crippen LogP contribution in [-0.4, -0.2) is 39.7 Å². The minimum absolute atomic E-state index is 0.0766. The predicted octanol–water partition coefficient (Wildman–Crippen LogP) is 2.44. The van der Waals surface area contributed by atoms with Gasteiger partial charge < -0.3 is 4.74 Å². The molecule has 0 heterocycles. The zero-order valence-electron chi connectivity index (χ0n) is 14.3. The number of hydrogen-bond donors (Lipinski definition) is 0. The Morgan fingerprint density at radius 1 is 1.04 bits per heavy atom. The number of halogens is 1. The molecule has 0 spiro atoms. The fourth-order valence-corrected chi connectivity index (χ4v) is 2.87. The molecular formula is C18H18FNO5S. The Morgan fingerprint density at radius 3 is 2.12 bits per heavy atom. The van der Waals surface area contributed by atoms with Crippen LogP contribution in [0.2, 0.25) is 0 Å². The topological polar surface area (TPSA) is 80.8 Å². The lowest BCUT2D eigenvalue weighted by atomic mass is 10.1. The van der Waals surface area contributed by atoms with Gasteiger partial charge in [0.05, 0.1) is 11.5 Å². The fraction of sp³-hybridized carbons (Fsp3) is 0.222. The van der Waals surface area contributed by atoms with Gasteiger partial charge in [-0.15, -0.1) is 0 Å². The van der Waals surface area contributed by atoms with Crippen molar-refractivity contribution in [1.82, 2.24) is 0 Å². The smallest absolute Gasteiger partial charge is 0.326 e. The Morgan fingerprint density at radius 2 is 1.62 bits per heavy atom. The minimum atomic E-state index is -3.39. The summed E-state index contributed by atoms with van der Waals surface area (Å²) >= 11 is 0. The summed E-state index contributed by atoms with van der Waals surface area (Å²) in [5.74, 6) is -1.63. The van der Waals surface area contributed by atoms with Gasteiger partial charge in [-0.25, -0.2) is 12.8 Å². The summed E-state index contributed by atoms with van der Waals surface area (Å²) in [6.07, 6.45) is 1.06. The van der Waals surface area contributed by atoms with Gasteiger partial charge in [0.2, 0.25) is 0 Å². The molecule has 0 saturated carbocycles. The molecule has 0 N–H and O–H groups in total. The molecule has 0 aliphatic rings. The van der Waals surface area contributed by atoms with Gasteiger partial charge in [0.25, 0.3) is 5.91 Å². The van der Waals surface area contributed by atoms with Crippen molar-refractivity contribution in [1.29, 1.82) is 0 Å². The molecule has 138 valence electrons. The first-order valence-electron chi connectivity index (χ1n) is 7.75. The number of rotatable bonds is 6. The Hall–Kier alpha value is -2.74. The lowest BCUT2D eigenvalue weighted by molar-refractivity contribution is -0.141. The van der Waals surface area contributed by atoms with Crippen LogP contribution < -0.4 is 4.90 Å². The summed E-state index contributed by atoms with van der Waals surface area (Å²) in [5, 5.41) is 0. The molecule has 0 bridgehead atoms. The highest BCUT2D eigenvalue weighted by molar-refractivity contribution is 7.90. The number of carbonyl (C=O) groups is 2. The van der Waals surface area contributed by atoms with E-state index in [0.29, 0.717) is 5.69 Å². The van der Waals surface area contributed by atoms with Crippen molar-refractivity contribution in [2.24, 2.45) is 0 Å². The monoisotopic (exact) mass is 379 g/mol. The van der Waals surface area contributed by atoms with Crippen molar-refractivity contribution < 1.29 is 27.1 Å². The zero-order valence-corrected chi connectivity index (χ0v) is 15.1. The van der Waals surface area contributed by atoms with Crippen molar-refractivity contribution in [3.63, 3.8) is 0 Å². The summed E-state index contributed by atoms with van der Waals surface area (Å²) < 4.78 is 41.1. The van der Waals surface area contributed by atoms with E-state index in [0.717, 1.165) is 11.2 Å². The first-order chi connectivity index (χ1) is 12.2. The zero-order chi connectivity index (χ0) is 19.3. The van der Waals surface area contributed by atoms with E-state index in [9.17, 15) is 22.4 Å². The summed E-state index contributed by atoms with van der Waals surface area (Å²) in [7, 11) is -3.39. The van der Waals surface area contributed by atoms with Crippen LogP contribution in [0.4, 0.5) is 10.1 Å². The van der Waals surface area contributed by atoms with Crippen LogP contribution in [0.25, 0.3) is 0 Å². The number of sulfone groups is 1. The number of esters is 1. The quantitative estimate of drug-likeness (QED) is 0.720. The van der Waals surface area contributed by atoms with Gasteiger partial charge in [0.1, 0.15) is 12.4 Å². The maximum Gasteiger partial charge on any atom is 0.326 e. The Labute approximate surface area is 151 Å². The number of hydrogen-bond acceptors (Lipinski definition) is 5. The fourth-order valence-electron chi connectivity index (χ4n) is 2.24. The van der Waals surface area contributed by atoms with Crippen LogP contribution in [0.5, 0.6) is 0 Å². The molecule has 0 saturated heterocycles. The van der Waals surface area contributed by atoms with Gasteiger partial charge >= 0.3 is 5.97 Å². The average Bonchev–Trinajstić information content (AvgIpc) is 2.60. The number of nitrogens with zero attached hydrogens (tertiary/aromatic N) is 1. The third-order valence-corrected chi connectivity index (χ3v) is 4.63. The highest BCUT2D eigenvalue weighted by Gasteiger charge is 2.22. The number of amides is 1. The second-order valence-electron chi connectivity index (χ2n) is 5.47. The van der Waals surface area contributed by atoms with Gasteiger partial charge in [-0.3, -0.25) is 14.5 Å². The van der Waals surface area contributed by atoms with E-state index in [1.165, 1.54) is 48.5 Å². The summed E-state index contributed by atoms with van der Waals surface area (Å²) in [6, 6.07) is 10.4. The Bertz CT molecular complexity index is 892. The maximum atomic E-state index is 13.2. The highest BCUT2D eigenvalue weighted by Crippen LogP contribution is 2.19. The molecule has 2 aromatic rings. The summed E-state index contributed by atoms with van der Waals surface area (Å²) in [4.78, 5) is 25.9. The van der Waals surface area contributed by atoms with E-state index in [4.69, 9.17) is 4.74 Å². The minimum Gasteiger partial charge on any atom is -0.465 e. The molecule has 0 atom stereocenters. The van der Waals surface area contributed by atoms with Gasteiger partial charge in [0.15, 0.2) is 9.84 Å². The molecule has 0 radical (unpaired) electrons. The third kappa shape index (κ3) is 4.89. The predicted molar refractivity (Wildman–Crippen MR) is 94.3 cm³/mol. The van der Waals surface area contributed by atoms with Crippen LogP contribution in [-0.2, 0) is 19.4 Å². The lowest BCUT2D eigenvalue weighted by Gasteiger charge is -2.22. The van der Waals surface area contributed by atoms with Gasteiger partial charge in [-0.05, 0) is 55.5 Å². The second-order valence-corrected chi connectivity index (χ2v) is 7.49. The molecule has 0 aliphatic heterocycles. The average molecular weight is 379 g/mol. The van der Waals surface area contributed by atoms with Crippen molar-refractivity contribution in [3.8, 4) is 0 Å². The molecule has 0 aromatic heterocycles. The number of carbonyl (C=O) groups excluding carboxylic acids is 2. The summed E-state index contributed by atoms with van der Waals surface area (Å²) in [6.45, 7) is 1.45. The summed E-state index contributed by atoms with van der Waals surface area (Å²) in [5.41, 5.74) is 0.502. The Balaban J connectivity index is 2.35. The number of anilines is 1. The maximum absolute atomic E-state index is 13.2. The molecule has 0 unspecified atom stereocenters. The molecule has 0 aliphatic carbocycles. The van der Waals surface area contributed by atoms with Gasteiger partial charge in [-0.1, -0.05) is 0 Å². The van der Waals surface area contributed by atoms with Gasteiger partial charge in [0, 0.05) is 17.5 Å². The van der Waals surface area contributed by atoms with Gasteiger partial charge in [-0.2, -0.15) is 0 Å². The van der Waals surface area contributed by atoms with Crippen LogP contribution in [0.1, 0.15) is 17.3 Å². The molecule has 8 heteroatoms. The molecule has 6 nitrogen and oxygen atoms in total. The van der Waals surface area contributed by atoms with Crippen molar-refractivity contribution in [3.05, 3.63) is 59.9 Å². The first-order valence-corrected chi connectivity index (χ1v) is 9.64. The van der Waals surface area contributed by atoms with E-state index in [2.05, 4.69) is 0 Å². The molecule has 0 fully saturated rings. The van der Waals surface area contributed by atoms with Crippen LogP contribution >= 0.6 is 0 Å². The molecule has 26 heavy (non-hydrogen) atoms. The van der Waals surface area contributed by atoms with E-state index >= 15 is 0 Å². The second kappa shape index (κ2) is 8.09. The van der Waals surface area contributed by atoms with E-state index in [1.807, 2.05) is 0 Å². The number of ether oxygens (including phenoxy) is 1. The first kappa shape index (κ1) is 19.6. The number of benzene rings is 2. The lowest BCUT2D eigenvalue weighted by Crippen LogP contribution is -2.36. The molecular weight excluding hydrogens is 361 g/mol. The van der Waals surface area contributed by atoms with E-state index in [1.54, 1.807) is 6.92 Å². The largest absolute Gasteiger partial charge is 0.465 e. The van der Waals surface area contributed by atoms with Crippen molar-refractivity contribution >= 4 is 27.4 Å². The van der Waals surface area contributed by atoms with Crippen LogP contribution in [0, 0.1) is 5.82 Å². The van der Waals surface area contributed by atoms with E-state index in [-0.39, 0.29) is 23.6 Å². The SMILES string of the molecule is CCOC(=O)CN(C(=O)c1ccc(S(C)(=O)=O)cc1)c1ccc(F)cc1. The van der Waals surface area contributed by atoms with Crippen molar-refractivity contribution in [2.75, 3.05) is 24.3 Å². The highest BCUT2D eigenvalue weighted by atomic mass is 32.2. The molecule has 2 aromatic carbocycles. The van der Waals surface area contributed by atoms with Crippen LogP contribution in [0.15, 0.2) is 53.4 Å². The Kier molecular flexibility index (Phi) is 6.10. The molecule has 2 rings (SSSR count). The third-order valence-electron chi connectivity index (χ3n) is 3.51. The standard InChI is InChI=1S/C18H18FNO5S/c1-3-25-17(21)12-20(15-8-6-14(19)7-9-15)18(22)13-4-10-16(11-5-13)26(2,23)24/h4-11H,3,12H2,1-2H3. The van der Waals surface area contributed by atoms with E-state index < -0.39 is 27.5 Å². The normalized spacial score (nSPS) is 11.0. The van der Waals surface area contributed by atoms with Crippen LogP contribution in [0.3, 0.4) is 0 Å². The molecule has 1 amide bonds.